The van der Waals surface area contributed by atoms with Gasteiger partial charge in [-0.2, -0.15) is 5.10 Å². The minimum absolute atomic E-state index is 0.519. The van der Waals surface area contributed by atoms with Crippen molar-refractivity contribution in [3.05, 3.63) is 17.0 Å². The van der Waals surface area contributed by atoms with Crippen LogP contribution in [0.5, 0.6) is 0 Å². The maximum absolute atomic E-state index is 4.90. The van der Waals surface area contributed by atoms with Crippen molar-refractivity contribution in [1.82, 2.24) is 25.3 Å². The molecule has 2 rings (SSSR count). The number of unbranched alkanes of at least 4 members (excludes halogenated alkanes) is 1. The summed E-state index contributed by atoms with van der Waals surface area (Å²) in [6, 6.07) is 0.519. The van der Waals surface area contributed by atoms with Crippen LogP contribution in [0.2, 0.25) is 0 Å². The molecule has 0 aromatic carbocycles. The Morgan fingerprint density at radius 1 is 1.15 bits per heavy atom. The van der Waals surface area contributed by atoms with E-state index in [-0.39, 0.29) is 0 Å². The lowest BCUT2D eigenvalue weighted by Crippen LogP contribution is -2.48. The van der Waals surface area contributed by atoms with Crippen molar-refractivity contribution in [2.45, 2.75) is 78.8 Å². The van der Waals surface area contributed by atoms with Crippen LogP contribution in [0.3, 0.4) is 0 Å². The standard InChI is InChI=1S/C21H40N6/c1-6-10-13-27-14-11-17(12-15-27)24-21(22-9-4)23-16-18-19(7-2)25-26(5)20(18)8-3/h17H,6-16H2,1-5H3,(H2,22,23,24). The Labute approximate surface area is 165 Å². The zero-order chi connectivity index (χ0) is 19.6. The fraction of sp³-hybridized carbons (Fsp3) is 0.810. The number of piperidine rings is 1. The van der Waals surface area contributed by atoms with Gasteiger partial charge in [-0.05, 0) is 45.6 Å². The first-order chi connectivity index (χ1) is 13.1. The molecule has 1 aromatic heterocycles. The molecule has 1 aliphatic heterocycles. The van der Waals surface area contributed by atoms with Crippen molar-refractivity contribution in [2.75, 3.05) is 26.2 Å². The van der Waals surface area contributed by atoms with Gasteiger partial charge in [-0.1, -0.05) is 27.2 Å². The van der Waals surface area contributed by atoms with Crippen LogP contribution in [0.4, 0.5) is 0 Å². The van der Waals surface area contributed by atoms with Gasteiger partial charge in [-0.15, -0.1) is 0 Å². The van der Waals surface area contributed by atoms with Crippen LogP contribution in [0.1, 0.15) is 70.3 Å². The fourth-order valence-corrected chi connectivity index (χ4v) is 3.93. The van der Waals surface area contributed by atoms with Gasteiger partial charge in [-0.3, -0.25) is 4.68 Å². The Hall–Kier alpha value is -1.56. The largest absolute Gasteiger partial charge is 0.357 e. The van der Waals surface area contributed by atoms with Gasteiger partial charge in [-0.25, -0.2) is 4.99 Å². The summed E-state index contributed by atoms with van der Waals surface area (Å²) >= 11 is 0. The van der Waals surface area contributed by atoms with Gasteiger partial charge in [0.05, 0.1) is 12.2 Å². The minimum atomic E-state index is 0.519. The maximum atomic E-state index is 4.90. The smallest absolute Gasteiger partial charge is 0.191 e. The number of hydrogen-bond acceptors (Lipinski definition) is 3. The lowest BCUT2D eigenvalue weighted by Gasteiger charge is -2.33. The molecule has 6 nitrogen and oxygen atoms in total. The molecule has 0 bridgehead atoms. The fourth-order valence-electron chi connectivity index (χ4n) is 3.93. The predicted octanol–water partition coefficient (Wildman–Crippen LogP) is 2.86. The number of nitrogens with one attached hydrogen (secondary N) is 2. The average Bonchev–Trinajstić information content (AvgIpc) is 3.00. The highest BCUT2D eigenvalue weighted by Crippen LogP contribution is 2.17. The number of hydrogen-bond donors (Lipinski definition) is 2. The summed E-state index contributed by atoms with van der Waals surface area (Å²) < 4.78 is 2.02. The summed E-state index contributed by atoms with van der Waals surface area (Å²) in [5.41, 5.74) is 3.78. The highest BCUT2D eigenvalue weighted by Gasteiger charge is 2.20. The summed E-state index contributed by atoms with van der Waals surface area (Å²) in [6.45, 7) is 14.0. The van der Waals surface area contributed by atoms with E-state index in [1.165, 1.54) is 62.3 Å². The topological polar surface area (TPSA) is 57.5 Å². The highest BCUT2D eigenvalue weighted by atomic mass is 15.3. The van der Waals surface area contributed by atoms with E-state index in [1.807, 2.05) is 11.7 Å². The molecule has 0 atom stereocenters. The maximum Gasteiger partial charge on any atom is 0.191 e. The van der Waals surface area contributed by atoms with Gasteiger partial charge in [0, 0.05) is 44.0 Å². The molecule has 154 valence electrons. The molecule has 2 heterocycles. The molecule has 0 spiro atoms. The normalized spacial score (nSPS) is 16.7. The number of guanidine groups is 1. The number of aliphatic imine (C=N–C) groups is 1. The van der Waals surface area contributed by atoms with Crippen LogP contribution >= 0.6 is 0 Å². The van der Waals surface area contributed by atoms with Crippen molar-refractivity contribution in [3.63, 3.8) is 0 Å². The summed E-state index contributed by atoms with van der Waals surface area (Å²) in [6.07, 6.45) is 6.94. The third-order valence-electron chi connectivity index (χ3n) is 5.52. The average molecular weight is 377 g/mol. The van der Waals surface area contributed by atoms with Crippen LogP contribution in [-0.2, 0) is 26.4 Å². The van der Waals surface area contributed by atoms with Crippen LogP contribution in [-0.4, -0.2) is 52.9 Å². The van der Waals surface area contributed by atoms with E-state index >= 15 is 0 Å². The van der Waals surface area contributed by atoms with Crippen molar-refractivity contribution in [1.29, 1.82) is 0 Å². The minimum Gasteiger partial charge on any atom is -0.357 e. The first-order valence-electron chi connectivity index (χ1n) is 10.9. The molecule has 1 saturated heterocycles. The van der Waals surface area contributed by atoms with Crippen LogP contribution < -0.4 is 10.6 Å². The van der Waals surface area contributed by atoms with Gasteiger partial charge < -0.3 is 15.5 Å². The van der Waals surface area contributed by atoms with E-state index < -0.39 is 0 Å². The monoisotopic (exact) mass is 376 g/mol. The van der Waals surface area contributed by atoms with E-state index in [0.717, 1.165) is 25.3 Å². The Morgan fingerprint density at radius 2 is 1.89 bits per heavy atom. The molecule has 0 unspecified atom stereocenters. The molecular weight excluding hydrogens is 336 g/mol. The molecule has 0 radical (unpaired) electrons. The Balaban J connectivity index is 1.97. The number of rotatable bonds is 9. The van der Waals surface area contributed by atoms with E-state index in [0.29, 0.717) is 12.6 Å². The van der Waals surface area contributed by atoms with E-state index in [1.54, 1.807) is 0 Å². The van der Waals surface area contributed by atoms with Crippen LogP contribution in [0.15, 0.2) is 4.99 Å². The molecule has 0 saturated carbocycles. The number of nitrogens with zero attached hydrogens (tertiary/aromatic N) is 4. The van der Waals surface area contributed by atoms with Crippen molar-refractivity contribution >= 4 is 5.96 Å². The summed E-state index contributed by atoms with van der Waals surface area (Å²) in [5.74, 6) is 0.942. The Kier molecular flexibility index (Phi) is 9.11. The first kappa shape index (κ1) is 21.7. The molecule has 0 amide bonds. The predicted molar refractivity (Wildman–Crippen MR) is 114 cm³/mol. The van der Waals surface area contributed by atoms with Crippen molar-refractivity contribution in [3.8, 4) is 0 Å². The number of aryl methyl sites for hydroxylation is 2. The van der Waals surface area contributed by atoms with E-state index in [2.05, 4.69) is 48.3 Å². The lowest BCUT2D eigenvalue weighted by molar-refractivity contribution is 0.203. The van der Waals surface area contributed by atoms with Gasteiger partial charge in [0.25, 0.3) is 0 Å². The zero-order valence-electron chi connectivity index (χ0n) is 18.1. The SMILES string of the molecule is CCCCN1CCC(NC(=NCc2c(CC)nn(C)c2CC)NCC)CC1. The van der Waals surface area contributed by atoms with Crippen molar-refractivity contribution < 1.29 is 0 Å². The molecule has 27 heavy (non-hydrogen) atoms. The van der Waals surface area contributed by atoms with Gasteiger partial charge in [0.15, 0.2) is 5.96 Å². The second-order valence-corrected chi connectivity index (χ2v) is 7.51. The summed E-state index contributed by atoms with van der Waals surface area (Å²) in [5, 5.41) is 11.8. The zero-order valence-corrected chi connectivity index (χ0v) is 18.1. The van der Waals surface area contributed by atoms with Gasteiger partial charge in [0.1, 0.15) is 0 Å². The molecule has 1 aromatic rings. The van der Waals surface area contributed by atoms with E-state index in [9.17, 15) is 0 Å². The second kappa shape index (κ2) is 11.3. The Bertz CT molecular complexity index is 584. The highest BCUT2D eigenvalue weighted by molar-refractivity contribution is 5.80. The van der Waals surface area contributed by atoms with Gasteiger partial charge >= 0.3 is 0 Å². The molecule has 2 N–H and O–H groups in total. The molecular formula is C21H40N6. The van der Waals surface area contributed by atoms with Gasteiger partial charge in [0.2, 0.25) is 0 Å². The summed E-state index contributed by atoms with van der Waals surface area (Å²) in [4.78, 5) is 7.50. The quantitative estimate of drug-likeness (QED) is 0.514. The van der Waals surface area contributed by atoms with E-state index in [4.69, 9.17) is 4.99 Å². The summed E-state index contributed by atoms with van der Waals surface area (Å²) in [7, 11) is 2.04. The molecule has 1 aliphatic rings. The third-order valence-corrected chi connectivity index (χ3v) is 5.52. The number of likely N-dealkylation sites (tertiary alicyclic amines) is 1. The second-order valence-electron chi connectivity index (χ2n) is 7.51. The third kappa shape index (κ3) is 6.23. The molecule has 0 aliphatic carbocycles. The molecule has 6 heteroatoms. The van der Waals surface area contributed by atoms with Crippen LogP contribution in [0, 0.1) is 0 Å². The Morgan fingerprint density at radius 3 is 2.48 bits per heavy atom. The number of aromatic nitrogens is 2. The molecule has 1 fully saturated rings. The van der Waals surface area contributed by atoms with Crippen LogP contribution in [0.25, 0.3) is 0 Å². The lowest BCUT2D eigenvalue weighted by atomic mass is 10.0. The first-order valence-corrected chi connectivity index (χ1v) is 10.9. The van der Waals surface area contributed by atoms with Crippen molar-refractivity contribution in [2.24, 2.45) is 12.0 Å².